The van der Waals surface area contributed by atoms with E-state index in [0.717, 1.165) is 12.8 Å². The van der Waals surface area contributed by atoms with Crippen LogP contribution in [0, 0.1) is 18.3 Å². The molecular weight excluding hydrogens is 232 g/mol. The van der Waals surface area contributed by atoms with E-state index in [4.69, 9.17) is 6.42 Å². The van der Waals surface area contributed by atoms with Gasteiger partial charge in [-0.1, -0.05) is 6.92 Å². The van der Waals surface area contributed by atoms with E-state index in [-0.39, 0.29) is 0 Å². The SMILES string of the molecule is C#CCCNC(=O)NC1(C(=O)O)CCC(C)CC1. The second kappa shape index (κ2) is 6.29. The fourth-order valence-corrected chi connectivity index (χ4v) is 2.16. The number of carbonyl (C=O) groups is 2. The van der Waals surface area contributed by atoms with Gasteiger partial charge >= 0.3 is 12.0 Å². The number of carboxylic acid groups (broad SMARTS) is 1. The van der Waals surface area contributed by atoms with Gasteiger partial charge in [-0.25, -0.2) is 9.59 Å². The third-order valence-corrected chi connectivity index (χ3v) is 3.44. The van der Waals surface area contributed by atoms with Crippen LogP contribution >= 0.6 is 0 Å². The molecule has 5 nitrogen and oxygen atoms in total. The van der Waals surface area contributed by atoms with E-state index in [1.54, 1.807) is 0 Å². The first kappa shape index (κ1) is 14.4. The molecule has 0 aromatic heterocycles. The fourth-order valence-electron chi connectivity index (χ4n) is 2.16. The number of aliphatic carboxylic acids is 1. The van der Waals surface area contributed by atoms with Crippen molar-refractivity contribution in [2.45, 2.75) is 44.6 Å². The lowest BCUT2D eigenvalue weighted by molar-refractivity contribution is -0.146. The topological polar surface area (TPSA) is 78.4 Å². The molecule has 0 bridgehead atoms. The molecule has 1 aliphatic rings. The van der Waals surface area contributed by atoms with Crippen LogP contribution in [0.2, 0.25) is 0 Å². The maximum absolute atomic E-state index is 11.6. The van der Waals surface area contributed by atoms with Crippen LogP contribution in [0.1, 0.15) is 39.0 Å². The molecule has 1 fully saturated rings. The van der Waals surface area contributed by atoms with Crippen molar-refractivity contribution in [3.63, 3.8) is 0 Å². The first-order chi connectivity index (χ1) is 8.50. The van der Waals surface area contributed by atoms with Crippen LogP contribution in [0.15, 0.2) is 0 Å². The predicted molar refractivity (Wildman–Crippen MR) is 68.0 cm³/mol. The largest absolute Gasteiger partial charge is 0.480 e. The van der Waals surface area contributed by atoms with E-state index in [1.807, 2.05) is 0 Å². The zero-order valence-corrected chi connectivity index (χ0v) is 10.7. The lowest BCUT2D eigenvalue weighted by Gasteiger charge is -2.36. The first-order valence-electron chi connectivity index (χ1n) is 6.23. The van der Waals surface area contributed by atoms with Crippen LogP contribution in [0.4, 0.5) is 4.79 Å². The summed E-state index contributed by atoms with van der Waals surface area (Å²) >= 11 is 0. The van der Waals surface area contributed by atoms with Crippen molar-refractivity contribution in [3.05, 3.63) is 0 Å². The Morgan fingerprint density at radius 1 is 1.44 bits per heavy atom. The van der Waals surface area contributed by atoms with Gasteiger partial charge in [0.15, 0.2) is 0 Å². The Labute approximate surface area is 107 Å². The summed E-state index contributed by atoms with van der Waals surface area (Å²) in [7, 11) is 0. The average molecular weight is 252 g/mol. The number of hydrogen-bond donors (Lipinski definition) is 3. The predicted octanol–water partition coefficient (Wildman–Crippen LogP) is 1.34. The van der Waals surface area contributed by atoms with Crippen molar-refractivity contribution in [1.82, 2.24) is 10.6 Å². The summed E-state index contributed by atoms with van der Waals surface area (Å²) in [5.74, 6) is 1.97. The average Bonchev–Trinajstić information content (AvgIpc) is 2.32. The molecule has 0 unspecified atom stereocenters. The number of nitrogens with one attached hydrogen (secondary N) is 2. The minimum Gasteiger partial charge on any atom is -0.480 e. The molecule has 1 rings (SSSR count). The second-order valence-electron chi connectivity index (χ2n) is 4.90. The molecular formula is C13H20N2O3. The molecule has 100 valence electrons. The van der Waals surface area contributed by atoms with Crippen LogP contribution in [0.3, 0.4) is 0 Å². The lowest BCUT2D eigenvalue weighted by Crippen LogP contribution is -2.58. The van der Waals surface area contributed by atoms with Gasteiger partial charge in [-0.3, -0.25) is 0 Å². The Kier molecular flexibility index (Phi) is 5.02. The van der Waals surface area contributed by atoms with Crippen molar-refractivity contribution in [3.8, 4) is 12.3 Å². The second-order valence-corrected chi connectivity index (χ2v) is 4.90. The summed E-state index contributed by atoms with van der Waals surface area (Å²) in [4.78, 5) is 23.0. The van der Waals surface area contributed by atoms with Gasteiger partial charge in [0.25, 0.3) is 0 Å². The van der Waals surface area contributed by atoms with Gasteiger partial charge in [0.1, 0.15) is 5.54 Å². The van der Waals surface area contributed by atoms with Gasteiger partial charge in [0.05, 0.1) is 0 Å². The van der Waals surface area contributed by atoms with Crippen molar-refractivity contribution < 1.29 is 14.7 Å². The Morgan fingerprint density at radius 3 is 2.56 bits per heavy atom. The number of carbonyl (C=O) groups excluding carboxylic acids is 1. The van der Waals surface area contributed by atoms with Gasteiger partial charge in [-0.2, -0.15) is 0 Å². The molecule has 0 radical (unpaired) electrons. The molecule has 18 heavy (non-hydrogen) atoms. The van der Waals surface area contributed by atoms with Gasteiger partial charge in [-0.15, -0.1) is 12.3 Å². The molecule has 0 saturated heterocycles. The molecule has 0 aromatic rings. The van der Waals surface area contributed by atoms with E-state index in [1.165, 1.54) is 0 Å². The summed E-state index contributed by atoms with van der Waals surface area (Å²) in [5.41, 5.74) is -1.12. The molecule has 0 aromatic carbocycles. The van der Waals surface area contributed by atoms with Crippen molar-refractivity contribution >= 4 is 12.0 Å². The monoisotopic (exact) mass is 252 g/mol. The fraction of sp³-hybridized carbons (Fsp3) is 0.692. The van der Waals surface area contributed by atoms with E-state index in [0.29, 0.717) is 31.7 Å². The number of urea groups is 1. The van der Waals surface area contributed by atoms with Crippen molar-refractivity contribution in [1.29, 1.82) is 0 Å². The highest BCUT2D eigenvalue weighted by molar-refractivity contribution is 5.86. The summed E-state index contributed by atoms with van der Waals surface area (Å²) < 4.78 is 0. The molecule has 0 spiro atoms. The number of carboxylic acids is 1. The van der Waals surface area contributed by atoms with Crippen LogP contribution in [0.25, 0.3) is 0 Å². The van der Waals surface area contributed by atoms with Crippen LogP contribution < -0.4 is 10.6 Å². The Bertz CT molecular complexity index is 352. The van der Waals surface area contributed by atoms with Gasteiger partial charge in [0.2, 0.25) is 0 Å². The van der Waals surface area contributed by atoms with Crippen molar-refractivity contribution in [2.24, 2.45) is 5.92 Å². The highest BCUT2D eigenvalue weighted by Gasteiger charge is 2.42. The third-order valence-electron chi connectivity index (χ3n) is 3.44. The molecule has 3 N–H and O–H groups in total. The van der Waals surface area contributed by atoms with Gasteiger partial charge < -0.3 is 15.7 Å². The molecule has 2 amide bonds. The van der Waals surface area contributed by atoms with E-state index < -0.39 is 17.5 Å². The van der Waals surface area contributed by atoms with Gasteiger partial charge in [-0.05, 0) is 31.6 Å². The Balaban J connectivity index is 2.56. The van der Waals surface area contributed by atoms with Crippen molar-refractivity contribution in [2.75, 3.05) is 6.54 Å². The highest BCUT2D eigenvalue weighted by Crippen LogP contribution is 2.32. The van der Waals surface area contributed by atoms with Crippen LogP contribution in [0.5, 0.6) is 0 Å². The smallest absolute Gasteiger partial charge is 0.329 e. The number of rotatable bonds is 4. The number of terminal acetylenes is 1. The molecule has 1 aliphatic carbocycles. The zero-order chi connectivity index (χ0) is 13.6. The van der Waals surface area contributed by atoms with Crippen LogP contribution in [-0.2, 0) is 4.79 Å². The maximum atomic E-state index is 11.6. The first-order valence-corrected chi connectivity index (χ1v) is 6.23. The standard InChI is InChI=1S/C13H20N2O3/c1-3-4-9-14-12(18)15-13(11(16)17)7-5-10(2)6-8-13/h1,10H,4-9H2,2H3,(H,16,17)(H2,14,15,18). The molecule has 0 atom stereocenters. The summed E-state index contributed by atoms with van der Waals surface area (Å²) in [6, 6.07) is -0.456. The summed E-state index contributed by atoms with van der Waals surface area (Å²) in [5, 5.41) is 14.5. The molecule has 0 aliphatic heterocycles. The van der Waals surface area contributed by atoms with E-state index in [9.17, 15) is 14.7 Å². The highest BCUT2D eigenvalue weighted by atomic mass is 16.4. The Morgan fingerprint density at radius 2 is 2.06 bits per heavy atom. The van der Waals surface area contributed by atoms with Crippen LogP contribution in [-0.4, -0.2) is 29.2 Å². The van der Waals surface area contributed by atoms with E-state index >= 15 is 0 Å². The maximum Gasteiger partial charge on any atom is 0.329 e. The van der Waals surface area contributed by atoms with Gasteiger partial charge in [0, 0.05) is 13.0 Å². The molecule has 5 heteroatoms. The summed E-state index contributed by atoms with van der Waals surface area (Å²) in [6.45, 7) is 2.45. The zero-order valence-electron chi connectivity index (χ0n) is 10.7. The number of amides is 2. The minimum absolute atomic E-state index is 0.356. The third kappa shape index (κ3) is 3.66. The molecule has 0 heterocycles. The minimum atomic E-state index is -1.12. The molecule has 1 saturated carbocycles. The Hall–Kier alpha value is -1.70. The quantitative estimate of drug-likeness (QED) is 0.522. The number of hydrogen-bond acceptors (Lipinski definition) is 2. The normalized spacial score (nSPS) is 27.0. The van der Waals surface area contributed by atoms with E-state index in [2.05, 4.69) is 23.5 Å². The lowest BCUT2D eigenvalue weighted by atomic mass is 9.77. The summed E-state index contributed by atoms with van der Waals surface area (Å²) in [6.07, 6.45) is 8.10.